The van der Waals surface area contributed by atoms with Gasteiger partial charge in [-0.25, -0.2) is 13.2 Å². The Morgan fingerprint density at radius 2 is 2.06 bits per heavy atom. The Bertz CT molecular complexity index is 600. The van der Waals surface area contributed by atoms with Crippen LogP contribution in [0.1, 0.15) is 16.1 Å². The number of aromatic carboxylic acids is 1. The van der Waals surface area contributed by atoms with Gasteiger partial charge in [0, 0.05) is 30.8 Å². The molecule has 1 N–H and O–H groups in total. The average Bonchev–Trinajstić information content (AvgIpc) is 2.14. The fourth-order valence-corrected chi connectivity index (χ4v) is 1.87. The molecule has 1 rings (SSSR count). The van der Waals surface area contributed by atoms with E-state index in [9.17, 15) is 18.0 Å². The van der Waals surface area contributed by atoms with Crippen LogP contribution in [0.25, 0.3) is 0 Å². The van der Waals surface area contributed by atoms with Crippen molar-refractivity contribution in [3.05, 3.63) is 33.7 Å². The molecule has 0 radical (unpaired) electrons. The van der Waals surface area contributed by atoms with E-state index in [4.69, 9.17) is 5.11 Å². The first-order chi connectivity index (χ1) is 7.70. The van der Waals surface area contributed by atoms with Crippen molar-refractivity contribution in [1.82, 2.24) is 4.57 Å². The van der Waals surface area contributed by atoms with Gasteiger partial charge in [0.25, 0.3) is 0 Å². The summed E-state index contributed by atoms with van der Waals surface area (Å²) >= 11 is 0. The molecule has 1 aromatic heterocycles. The van der Waals surface area contributed by atoms with Gasteiger partial charge >= 0.3 is 5.97 Å². The van der Waals surface area contributed by atoms with Crippen molar-refractivity contribution < 1.29 is 18.3 Å². The highest BCUT2D eigenvalue weighted by atomic mass is 32.2. The predicted molar refractivity (Wildman–Crippen MR) is 62.1 cm³/mol. The summed E-state index contributed by atoms with van der Waals surface area (Å²) in [6, 6.07) is 1.19. The van der Waals surface area contributed by atoms with Crippen LogP contribution in [0, 0.1) is 6.92 Å². The van der Waals surface area contributed by atoms with Crippen molar-refractivity contribution in [2.75, 3.05) is 12.0 Å². The Kier molecular flexibility index (Phi) is 3.72. The van der Waals surface area contributed by atoms with Crippen LogP contribution >= 0.6 is 0 Å². The van der Waals surface area contributed by atoms with E-state index < -0.39 is 21.2 Å². The third-order valence-corrected chi connectivity index (χ3v) is 3.20. The summed E-state index contributed by atoms with van der Waals surface area (Å²) < 4.78 is 23.5. The minimum atomic E-state index is -3.13. The number of hydrogen-bond acceptors (Lipinski definition) is 4. The molecule has 0 amide bonds. The monoisotopic (exact) mass is 259 g/mol. The van der Waals surface area contributed by atoms with Crippen LogP contribution in [0.4, 0.5) is 0 Å². The first-order valence-corrected chi connectivity index (χ1v) is 6.89. The predicted octanol–water partition coefficient (Wildman–Crippen LogP) is -0.100. The Labute approximate surface area is 98.4 Å². The van der Waals surface area contributed by atoms with Crippen LogP contribution < -0.4 is 5.43 Å². The molecule has 94 valence electrons. The van der Waals surface area contributed by atoms with Gasteiger partial charge < -0.3 is 9.67 Å². The number of hydrogen-bond donors (Lipinski definition) is 1. The Morgan fingerprint density at radius 1 is 1.47 bits per heavy atom. The van der Waals surface area contributed by atoms with Crippen molar-refractivity contribution in [1.29, 1.82) is 0 Å². The molecule has 0 aliphatic rings. The maximum atomic E-state index is 11.3. The van der Waals surface area contributed by atoms with Crippen molar-refractivity contribution in [3.63, 3.8) is 0 Å². The minimum absolute atomic E-state index is 0.101. The molecule has 0 bridgehead atoms. The van der Waals surface area contributed by atoms with E-state index in [2.05, 4.69) is 0 Å². The molecule has 0 fully saturated rings. The van der Waals surface area contributed by atoms with Crippen molar-refractivity contribution in [2.45, 2.75) is 13.5 Å². The van der Waals surface area contributed by atoms with Crippen LogP contribution in [0.3, 0.4) is 0 Å². The van der Waals surface area contributed by atoms with Gasteiger partial charge in [-0.2, -0.15) is 0 Å². The lowest BCUT2D eigenvalue weighted by molar-refractivity contribution is 0.0694. The Hall–Kier alpha value is -1.63. The van der Waals surface area contributed by atoms with Gasteiger partial charge in [0.05, 0.1) is 5.75 Å². The highest BCUT2D eigenvalue weighted by Gasteiger charge is 2.11. The molecule has 0 atom stereocenters. The first-order valence-electron chi connectivity index (χ1n) is 4.83. The topological polar surface area (TPSA) is 93.4 Å². The number of rotatable bonds is 4. The summed E-state index contributed by atoms with van der Waals surface area (Å²) in [7, 11) is -3.13. The normalized spacial score (nSPS) is 11.4. The van der Waals surface area contributed by atoms with Crippen molar-refractivity contribution in [2.24, 2.45) is 0 Å². The van der Waals surface area contributed by atoms with Gasteiger partial charge in [-0.15, -0.1) is 0 Å². The number of pyridine rings is 1. The maximum absolute atomic E-state index is 11.3. The van der Waals surface area contributed by atoms with Gasteiger partial charge in [-0.05, 0) is 6.92 Å². The van der Waals surface area contributed by atoms with E-state index >= 15 is 0 Å². The summed E-state index contributed by atoms with van der Waals surface area (Å²) in [5, 5.41) is 8.78. The number of nitrogens with zero attached hydrogens (tertiary/aromatic N) is 1. The van der Waals surface area contributed by atoms with Gasteiger partial charge in [0.15, 0.2) is 5.43 Å². The second-order valence-corrected chi connectivity index (χ2v) is 6.08. The maximum Gasteiger partial charge on any atom is 0.341 e. The van der Waals surface area contributed by atoms with E-state index in [1.165, 1.54) is 16.8 Å². The third kappa shape index (κ3) is 3.70. The van der Waals surface area contributed by atoms with Gasteiger partial charge in [0.1, 0.15) is 15.4 Å². The van der Waals surface area contributed by atoms with E-state index in [1.54, 1.807) is 6.92 Å². The minimum Gasteiger partial charge on any atom is -0.477 e. The molecular weight excluding hydrogens is 246 g/mol. The van der Waals surface area contributed by atoms with Crippen LogP contribution in [0.2, 0.25) is 0 Å². The second kappa shape index (κ2) is 4.70. The second-order valence-electron chi connectivity index (χ2n) is 3.82. The average molecular weight is 259 g/mol. The lowest BCUT2D eigenvalue weighted by atomic mass is 10.2. The lowest BCUT2D eigenvalue weighted by Gasteiger charge is -2.10. The molecule has 1 aromatic rings. The summed E-state index contributed by atoms with van der Waals surface area (Å²) in [6.45, 7) is 1.75. The molecule has 0 aliphatic heterocycles. The molecule has 6 nitrogen and oxygen atoms in total. The van der Waals surface area contributed by atoms with Gasteiger partial charge in [-0.3, -0.25) is 4.79 Å². The lowest BCUT2D eigenvalue weighted by Crippen LogP contribution is -2.21. The molecule has 0 unspecified atom stereocenters. The van der Waals surface area contributed by atoms with Crippen molar-refractivity contribution in [3.8, 4) is 0 Å². The van der Waals surface area contributed by atoms with Crippen LogP contribution in [-0.2, 0) is 16.4 Å². The summed E-state index contributed by atoms with van der Waals surface area (Å²) in [5.41, 5.74) is -0.404. The van der Waals surface area contributed by atoms with Gasteiger partial charge in [0.2, 0.25) is 0 Å². The highest BCUT2D eigenvalue weighted by molar-refractivity contribution is 7.90. The standard InChI is InChI=1S/C10H13NO5S/c1-7-5-9(12)8(10(13)14)6-11(7)3-4-17(2,15)16/h5-6H,3-4H2,1-2H3,(H,13,14). The quantitative estimate of drug-likeness (QED) is 0.815. The van der Waals surface area contributed by atoms with Crippen LogP contribution in [-0.4, -0.2) is 36.1 Å². The fraction of sp³-hybridized carbons (Fsp3) is 0.400. The molecule has 0 spiro atoms. The molecule has 0 aromatic carbocycles. The largest absolute Gasteiger partial charge is 0.477 e. The Balaban J connectivity index is 3.13. The molecular formula is C10H13NO5S. The zero-order valence-electron chi connectivity index (χ0n) is 9.50. The molecule has 1 heterocycles. The number of aromatic nitrogens is 1. The zero-order valence-corrected chi connectivity index (χ0v) is 10.3. The fourth-order valence-electron chi connectivity index (χ4n) is 1.34. The molecule has 0 aliphatic carbocycles. The summed E-state index contributed by atoms with van der Waals surface area (Å²) in [5.74, 6) is -1.42. The molecule has 17 heavy (non-hydrogen) atoms. The molecule has 0 saturated heterocycles. The van der Waals surface area contributed by atoms with E-state index in [1.807, 2.05) is 0 Å². The van der Waals surface area contributed by atoms with Gasteiger partial charge in [-0.1, -0.05) is 0 Å². The molecule has 7 heteroatoms. The SMILES string of the molecule is Cc1cc(=O)c(C(=O)O)cn1CCS(C)(=O)=O. The van der Waals surface area contributed by atoms with Crippen molar-refractivity contribution >= 4 is 15.8 Å². The van der Waals surface area contributed by atoms with Crippen LogP contribution in [0.15, 0.2) is 17.1 Å². The van der Waals surface area contributed by atoms with E-state index in [0.717, 1.165) is 6.26 Å². The first kappa shape index (κ1) is 13.4. The number of aryl methyl sites for hydroxylation is 2. The highest BCUT2D eigenvalue weighted by Crippen LogP contribution is 2.00. The van der Waals surface area contributed by atoms with Crippen LogP contribution in [0.5, 0.6) is 0 Å². The number of carbonyl (C=O) groups is 1. The number of carboxylic acid groups (broad SMARTS) is 1. The zero-order chi connectivity index (χ0) is 13.2. The third-order valence-electron chi connectivity index (χ3n) is 2.28. The number of carboxylic acids is 1. The summed E-state index contributed by atoms with van der Waals surface area (Å²) in [4.78, 5) is 22.1. The molecule has 0 saturated carbocycles. The smallest absolute Gasteiger partial charge is 0.341 e. The van der Waals surface area contributed by atoms with E-state index in [0.29, 0.717) is 5.69 Å². The number of sulfone groups is 1. The van der Waals surface area contributed by atoms with E-state index in [-0.39, 0.29) is 17.9 Å². The summed E-state index contributed by atoms with van der Waals surface area (Å²) in [6.07, 6.45) is 2.27. The Morgan fingerprint density at radius 3 is 2.53 bits per heavy atom.